The van der Waals surface area contributed by atoms with E-state index in [1.54, 1.807) is 31.1 Å². The van der Waals surface area contributed by atoms with Crippen LogP contribution in [0.5, 0.6) is 0 Å². The van der Waals surface area contributed by atoms with Crippen molar-refractivity contribution in [1.82, 2.24) is 4.90 Å². The molecule has 4 heteroatoms. The van der Waals surface area contributed by atoms with E-state index in [1.807, 2.05) is 6.07 Å². The summed E-state index contributed by atoms with van der Waals surface area (Å²) in [4.78, 5) is 13.4. The molecule has 0 aliphatic rings. The number of carbonyl (C=O) groups is 1. The van der Waals surface area contributed by atoms with E-state index in [1.165, 1.54) is 0 Å². The van der Waals surface area contributed by atoms with E-state index in [0.717, 1.165) is 5.69 Å². The maximum absolute atomic E-state index is 11.9. The second kappa shape index (κ2) is 5.76. The molecule has 0 bridgehead atoms. The topological polar surface area (TPSA) is 58.4 Å². The number of benzene rings is 1. The number of nitrogen functional groups attached to an aromatic ring is 1. The van der Waals surface area contributed by atoms with Crippen LogP contribution >= 0.6 is 0 Å². The average molecular weight is 249 g/mol. The lowest BCUT2D eigenvalue weighted by Gasteiger charge is -2.21. The third kappa shape index (κ3) is 3.39. The minimum Gasteiger partial charge on any atom is -0.397 e. The Morgan fingerprint density at radius 3 is 2.39 bits per heavy atom. The van der Waals surface area contributed by atoms with Gasteiger partial charge in [0.15, 0.2) is 0 Å². The lowest BCUT2D eigenvalue weighted by Crippen LogP contribution is -2.24. The molecular formula is C14H23N3O. The molecule has 100 valence electrons. The Morgan fingerprint density at radius 2 is 1.89 bits per heavy atom. The number of hydrogen-bond acceptors (Lipinski definition) is 3. The maximum Gasteiger partial charge on any atom is 0.253 e. The van der Waals surface area contributed by atoms with Crippen LogP contribution in [0.4, 0.5) is 11.4 Å². The van der Waals surface area contributed by atoms with Gasteiger partial charge in [-0.2, -0.15) is 0 Å². The van der Waals surface area contributed by atoms with Crippen LogP contribution in [0.15, 0.2) is 18.2 Å². The first-order valence-corrected chi connectivity index (χ1v) is 6.20. The van der Waals surface area contributed by atoms with Crippen molar-refractivity contribution in [1.29, 1.82) is 0 Å². The van der Waals surface area contributed by atoms with Gasteiger partial charge in [-0.25, -0.2) is 0 Å². The van der Waals surface area contributed by atoms with Crippen molar-refractivity contribution in [3.8, 4) is 0 Å². The lowest BCUT2D eigenvalue weighted by molar-refractivity contribution is 0.0827. The predicted molar refractivity (Wildman–Crippen MR) is 76.8 cm³/mol. The fourth-order valence-corrected chi connectivity index (χ4v) is 1.48. The molecule has 1 rings (SSSR count). The van der Waals surface area contributed by atoms with Gasteiger partial charge >= 0.3 is 0 Å². The Morgan fingerprint density at radius 1 is 1.28 bits per heavy atom. The first kappa shape index (κ1) is 14.4. The number of hydrogen-bond donors (Lipinski definition) is 2. The largest absolute Gasteiger partial charge is 0.397 e. The Hall–Kier alpha value is -1.71. The minimum atomic E-state index is -0.0183. The summed E-state index contributed by atoms with van der Waals surface area (Å²) in [6.07, 6.45) is 0. The predicted octanol–water partition coefficient (Wildman–Crippen LogP) is 2.43. The van der Waals surface area contributed by atoms with E-state index < -0.39 is 0 Å². The molecule has 1 aromatic rings. The average Bonchev–Trinajstić information content (AvgIpc) is 2.30. The number of rotatable bonds is 4. The molecule has 1 atom stereocenters. The Kier molecular flexibility index (Phi) is 4.59. The summed E-state index contributed by atoms with van der Waals surface area (Å²) in [6.45, 7) is 6.38. The molecule has 3 N–H and O–H groups in total. The van der Waals surface area contributed by atoms with Crippen molar-refractivity contribution in [3.05, 3.63) is 23.8 Å². The zero-order chi connectivity index (χ0) is 13.9. The van der Waals surface area contributed by atoms with E-state index in [-0.39, 0.29) is 5.91 Å². The zero-order valence-electron chi connectivity index (χ0n) is 11.8. The summed E-state index contributed by atoms with van der Waals surface area (Å²) in [5.41, 5.74) is 8.06. The van der Waals surface area contributed by atoms with E-state index >= 15 is 0 Å². The molecule has 0 radical (unpaired) electrons. The van der Waals surface area contributed by atoms with Crippen LogP contribution in [-0.4, -0.2) is 30.9 Å². The van der Waals surface area contributed by atoms with Crippen molar-refractivity contribution in [3.63, 3.8) is 0 Å². The van der Waals surface area contributed by atoms with Gasteiger partial charge in [0.25, 0.3) is 5.91 Å². The Bertz CT molecular complexity index is 427. The summed E-state index contributed by atoms with van der Waals surface area (Å²) in [7, 11) is 3.48. The highest BCUT2D eigenvalue weighted by atomic mass is 16.2. The molecule has 1 aromatic carbocycles. The van der Waals surface area contributed by atoms with Crippen LogP contribution in [0.3, 0.4) is 0 Å². The molecule has 0 spiro atoms. The molecule has 0 aromatic heterocycles. The number of amides is 1. The highest BCUT2D eigenvalue weighted by Crippen LogP contribution is 2.22. The van der Waals surface area contributed by atoms with Crippen molar-refractivity contribution < 1.29 is 4.79 Å². The summed E-state index contributed by atoms with van der Waals surface area (Å²) in [5.74, 6) is 0.479. The molecule has 0 aliphatic heterocycles. The molecule has 0 heterocycles. The molecule has 1 unspecified atom stereocenters. The lowest BCUT2D eigenvalue weighted by atomic mass is 10.1. The van der Waals surface area contributed by atoms with Gasteiger partial charge in [0.1, 0.15) is 0 Å². The fraction of sp³-hybridized carbons (Fsp3) is 0.500. The second-order valence-electron chi connectivity index (χ2n) is 5.18. The monoisotopic (exact) mass is 249 g/mol. The first-order chi connectivity index (χ1) is 8.32. The maximum atomic E-state index is 11.9. The van der Waals surface area contributed by atoms with Crippen LogP contribution in [0, 0.1) is 5.92 Å². The van der Waals surface area contributed by atoms with Crippen molar-refractivity contribution in [2.24, 2.45) is 5.92 Å². The smallest absolute Gasteiger partial charge is 0.253 e. The summed E-state index contributed by atoms with van der Waals surface area (Å²) < 4.78 is 0. The third-order valence-electron chi connectivity index (χ3n) is 3.09. The summed E-state index contributed by atoms with van der Waals surface area (Å²) in [6, 6.07) is 5.64. The Balaban J connectivity index is 2.98. The Labute approximate surface area is 109 Å². The summed E-state index contributed by atoms with van der Waals surface area (Å²) in [5, 5.41) is 3.35. The van der Waals surface area contributed by atoms with E-state index in [0.29, 0.717) is 23.2 Å². The van der Waals surface area contributed by atoms with E-state index in [2.05, 4.69) is 26.1 Å². The van der Waals surface area contributed by atoms with Crippen LogP contribution in [0.25, 0.3) is 0 Å². The first-order valence-electron chi connectivity index (χ1n) is 6.20. The second-order valence-corrected chi connectivity index (χ2v) is 5.18. The summed E-state index contributed by atoms with van der Waals surface area (Å²) >= 11 is 0. The molecular weight excluding hydrogens is 226 g/mol. The molecule has 1 amide bonds. The normalized spacial score (nSPS) is 12.3. The van der Waals surface area contributed by atoms with Gasteiger partial charge in [-0.15, -0.1) is 0 Å². The highest BCUT2D eigenvalue weighted by Gasteiger charge is 2.12. The molecule has 0 saturated carbocycles. The van der Waals surface area contributed by atoms with Gasteiger partial charge in [0.2, 0.25) is 0 Å². The number of nitrogens with zero attached hydrogens (tertiary/aromatic N) is 1. The standard InChI is InChI=1S/C14H23N3O/c1-9(2)10(3)16-13-8-11(6-7-12(13)15)14(18)17(4)5/h6-10,16H,15H2,1-5H3. The number of nitrogens with two attached hydrogens (primary N) is 1. The number of carbonyl (C=O) groups excluding carboxylic acids is 1. The quantitative estimate of drug-likeness (QED) is 0.806. The number of anilines is 2. The van der Waals surface area contributed by atoms with Gasteiger partial charge < -0.3 is 16.0 Å². The molecule has 0 aliphatic carbocycles. The molecule has 4 nitrogen and oxygen atoms in total. The van der Waals surface area contributed by atoms with Crippen molar-refractivity contribution in [2.45, 2.75) is 26.8 Å². The van der Waals surface area contributed by atoms with Gasteiger partial charge in [-0.05, 0) is 31.0 Å². The van der Waals surface area contributed by atoms with Crippen LogP contribution in [0.1, 0.15) is 31.1 Å². The minimum absolute atomic E-state index is 0.0183. The van der Waals surface area contributed by atoms with Crippen LogP contribution in [-0.2, 0) is 0 Å². The number of nitrogens with one attached hydrogen (secondary N) is 1. The van der Waals surface area contributed by atoms with E-state index in [4.69, 9.17) is 5.73 Å². The molecule has 18 heavy (non-hydrogen) atoms. The SMILES string of the molecule is CC(C)C(C)Nc1cc(C(=O)N(C)C)ccc1N. The van der Waals surface area contributed by atoms with Crippen molar-refractivity contribution in [2.75, 3.05) is 25.1 Å². The molecule has 0 fully saturated rings. The van der Waals surface area contributed by atoms with E-state index in [9.17, 15) is 4.79 Å². The van der Waals surface area contributed by atoms with Gasteiger partial charge in [0, 0.05) is 25.7 Å². The van der Waals surface area contributed by atoms with Gasteiger partial charge in [0.05, 0.1) is 11.4 Å². The molecule has 0 saturated heterocycles. The highest BCUT2D eigenvalue weighted by molar-refractivity contribution is 5.95. The fourth-order valence-electron chi connectivity index (χ4n) is 1.48. The van der Waals surface area contributed by atoms with Crippen molar-refractivity contribution >= 4 is 17.3 Å². The van der Waals surface area contributed by atoms with Gasteiger partial charge in [-0.1, -0.05) is 13.8 Å². The van der Waals surface area contributed by atoms with Crippen LogP contribution < -0.4 is 11.1 Å². The third-order valence-corrected chi connectivity index (χ3v) is 3.09. The zero-order valence-corrected chi connectivity index (χ0v) is 11.8. The van der Waals surface area contributed by atoms with Crippen LogP contribution in [0.2, 0.25) is 0 Å². The van der Waals surface area contributed by atoms with Gasteiger partial charge in [-0.3, -0.25) is 4.79 Å².